The molecule has 1 unspecified atom stereocenters. The van der Waals surface area contributed by atoms with Crippen LogP contribution < -0.4 is 5.56 Å². The van der Waals surface area contributed by atoms with E-state index in [1.165, 1.54) is 23.1 Å². The number of nitrogens with one attached hydrogen (secondary N) is 1. The van der Waals surface area contributed by atoms with Gasteiger partial charge in [-0.25, -0.2) is 9.67 Å². The molecule has 122 valence electrons. The van der Waals surface area contributed by atoms with Crippen LogP contribution in [0.15, 0.2) is 32.8 Å². The van der Waals surface area contributed by atoms with Crippen molar-refractivity contribution in [2.75, 3.05) is 0 Å². The summed E-state index contributed by atoms with van der Waals surface area (Å²) >= 11 is 4.56. The number of aromatic amines is 1. The number of fused-ring (bicyclic) bond motifs is 1. The molecule has 4 rings (SSSR count). The van der Waals surface area contributed by atoms with Crippen LogP contribution in [0.25, 0.3) is 20.7 Å². The molecular weight excluding hydrogens is 364 g/mol. The van der Waals surface area contributed by atoms with Crippen molar-refractivity contribution in [1.29, 1.82) is 0 Å². The van der Waals surface area contributed by atoms with E-state index >= 15 is 0 Å². The average Bonchev–Trinajstić information content (AvgIpc) is 3.28. The lowest BCUT2D eigenvalue weighted by atomic mass is 10.2. The molecule has 0 aliphatic rings. The van der Waals surface area contributed by atoms with Crippen LogP contribution in [0.5, 0.6) is 0 Å². The van der Waals surface area contributed by atoms with Crippen molar-refractivity contribution >= 4 is 44.7 Å². The number of hydrogen-bond acceptors (Lipinski definition) is 8. The lowest BCUT2D eigenvalue weighted by Gasteiger charge is -2.09. The third kappa shape index (κ3) is 2.66. The highest BCUT2D eigenvalue weighted by Gasteiger charge is 2.18. The lowest BCUT2D eigenvalue weighted by molar-refractivity contribution is 0.663. The molecule has 1 atom stereocenters. The van der Waals surface area contributed by atoms with E-state index in [4.69, 9.17) is 0 Å². The summed E-state index contributed by atoms with van der Waals surface area (Å²) in [6.45, 7) is 1.97. The van der Waals surface area contributed by atoms with Crippen molar-refractivity contribution < 1.29 is 0 Å². The second-order valence-electron chi connectivity index (χ2n) is 5.10. The van der Waals surface area contributed by atoms with Crippen LogP contribution in [-0.2, 0) is 7.05 Å². The van der Waals surface area contributed by atoms with Gasteiger partial charge in [-0.1, -0.05) is 17.8 Å². The van der Waals surface area contributed by atoms with E-state index in [-0.39, 0.29) is 10.8 Å². The van der Waals surface area contributed by atoms with E-state index in [0.717, 1.165) is 15.3 Å². The minimum atomic E-state index is -0.108. The molecule has 0 aliphatic carbocycles. The Morgan fingerprint density at radius 1 is 1.38 bits per heavy atom. The standard InChI is InChI=1S/C14H12N6OS3/c1-7(24-14-17-18-19-20(14)2)11-15-12(21)10-8(6-23-13(10)16-11)9-4-3-5-22-9/h3-7H,1-2H3,(H,15,16,21). The molecule has 4 aromatic rings. The Morgan fingerprint density at radius 3 is 2.96 bits per heavy atom. The van der Waals surface area contributed by atoms with Gasteiger partial charge in [0.2, 0.25) is 5.16 Å². The fourth-order valence-electron chi connectivity index (χ4n) is 2.31. The first kappa shape index (κ1) is 15.5. The van der Waals surface area contributed by atoms with Gasteiger partial charge < -0.3 is 4.98 Å². The van der Waals surface area contributed by atoms with Gasteiger partial charge in [-0.15, -0.1) is 27.8 Å². The van der Waals surface area contributed by atoms with E-state index < -0.39 is 0 Å². The Balaban J connectivity index is 1.74. The molecule has 24 heavy (non-hydrogen) atoms. The zero-order valence-electron chi connectivity index (χ0n) is 12.8. The van der Waals surface area contributed by atoms with Crippen LogP contribution in [0.2, 0.25) is 0 Å². The highest BCUT2D eigenvalue weighted by atomic mass is 32.2. The maximum Gasteiger partial charge on any atom is 0.260 e. The highest BCUT2D eigenvalue weighted by molar-refractivity contribution is 7.99. The fourth-order valence-corrected chi connectivity index (χ4v) is 4.89. The van der Waals surface area contributed by atoms with Crippen molar-refractivity contribution in [2.24, 2.45) is 7.05 Å². The Hall–Kier alpha value is -2.04. The van der Waals surface area contributed by atoms with Gasteiger partial charge in [-0.2, -0.15) is 0 Å². The van der Waals surface area contributed by atoms with E-state index in [2.05, 4.69) is 25.5 Å². The molecule has 0 saturated carbocycles. The third-order valence-corrected chi connectivity index (χ3v) is 6.41. The predicted molar refractivity (Wildman–Crippen MR) is 96.6 cm³/mol. The zero-order chi connectivity index (χ0) is 16.7. The van der Waals surface area contributed by atoms with Gasteiger partial charge in [0, 0.05) is 22.9 Å². The molecule has 4 aromatic heterocycles. The summed E-state index contributed by atoms with van der Waals surface area (Å²) in [5.41, 5.74) is 0.839. The summed E-state index contributed by atoms with van der Waals surface area (Å²) < 4.78 is 1.60. The minimum Gasteiger partial charge on any atom is -0.309 e. The molecule has 0 bridgehead atoms. The van der Waals surface area contributed by atoms with Gasteiger partial charge >= 0.3 is 0 Å². The number of H-pyrrole nitrogens is 1. The molecule has 0 fully saturated rings. The highest BCUT2D eigenvalue weighted by Crippen LogP contribution is 2.35. The Bertz CT molecular complexity index is 1050. The fraction of sp³-hybridized carbons (Fsp3) is 0.214. The van der Waals surface area contributed by atoms with Crippen LogP contribution in [-0.4, -0.2) is 30.2 Å². The SMILES string of the molecule is CC(Sc1nnnn1C)c1nc2scc(-c3cccs3)c2c(=O)[nH]1. The monoisotopic (exact) mass is 376 g/mol. The normalized spacial score (nSPS) is 12.8. The molecule has 0 amide bonds. The number of thioether (sulfide) groups is 1. The van der Waals surface area contributed by atoms with Crippen molar-refractivity contribution in [3.8, 4) is 10.4 Å². The molecule has 1 N–H and O–H groups in total. The van der Waals surface area contributed by atoms with Crippen molar-refractivity contribution in [2.45, 2.75) is 17.3 Å². The van der Waals surface area contributed by atoms with E-state index in [1.807, 2.05) is 29.8 Å². The van der Waals surface area contributed by atoms with E-state index in [9.17, 15) is 4.79 Å². The molecule has 0 aromatic carbocycles. The van der Waals surface area contributed by atoms with Crippen molar-refractivity contribution in [1.82, 2.24) is 30.2 Å². The van der Waals surface area contributed by atoms with Crippen LogP contribution in [0.3, 0.4) is 0 Å². The summed E-state index contributed by atoms with van der Waals surface area (Å²) in [5, 5.41) is 16.6. The molecule has 4 heterocycles. The summed E-state index contributed by atoms with van der Waals surface area (Å²) in [4.78, 5) is 22.0. The first-order chi connectivity index (χ1) is 11.6. The molecule has 7 nitrogen and oxygen atoms in total. The first-order valence-corrected chi connectivity index (χ1v) is 9.71. The van der Waals surface area contributed by atoms with Crippen molar-refractivity contribution in [3.63, 3.8) is 0 Å². The Labute approximate surface area is 148 Å². The van der Waals surface area contributed by atoms with Crippen LogP contribution in [0.4, 0.5) is 0 Å². The molecule has 10 heteroatoms. The smallest absolute Gasteiger partial charge is 0.260 e. The Kier molecular flexibility index (Phi) is 3.94. The van der Waals surface area contributed by atoms with Gasteiger partial charge in [0.1, 0.15) is 10.7 Å². The van der Waals surface area contributed by atoms with Crippen LogP contribution >= 0.6 is 34.4 Å². The third-order valence-electron chi connectivity index (χ3n) is 3.50. The number of rotatable bonds is 4. The number of aromatic nitrogens is 6. The first-order valence-electron chi connectivity index (χ1n) is 7.08. The van der Waals surface area contributed by atoms with E-state index in [0.29, 0.717) is 16.4 Å². The van der Waals surface area contributed by atoms with Gasteiger partial charge in [0.15, 0.2) is 0 Å². The largest absolute Gasteiger partial charge is 0.309 e. The number of aryl methyl sites for hydroxylation is 1. The second-order valence-corrected chi connectivity index (χ2v) is 8.22. The maximum atomic E-state index is 12.6. The lowest BCUT2D eigenvalue weighted by Crippen LogP contribution is -2.12. The molecular formula is C14H12N6OS3. The van der Waals surface area contributed by atoms with Crippen LogP contribution in [0.1, 0.15) is 18.0 Å². The molecule has 0 aliphatic heterocycles. The van der Waals surface area contributed by atoms with Crippen molar-refractivity contribution in [3.05, 3.63) is 39.1 Å². The number of nitrogens with zero attached hydrogens (tertiary/aromatic N) is 5. The average molecular weight is 376 g/mol. The predicted octanol–water partition coefficient (Wildman–Crippen LogP) is 3.09. The number of tetrazole rings is 1. The van der Waals surface area contributed by atoms with Gasteiger partial charge in [-0.3, -0.25) is 4.79 Å². The van der Waals surface area contributed by atoms with Gasteiger partial charge in [0.25, 0.3) is 5.56 Å². The van der Waals surface area contributed by atoms with Gasteiger partial charge in [-0.05, 0) is 28.8 Å². The summed E-state index contributed by atoms with van der Waals surface area (Å²) in [6.07, 6.45) is 0. The second kappa shape index (κ2) is 6.11. The molecule has 0 spiro atoms. The zero-order valence-corrected chi connectivity index (χ0v) is 15.2. The minimum absolute atomic E-state index is 0.0703. The summed E-state index contributed by atoms with van der Waals surface area (Å²) in [5.74, 6) is 0.625. The quantitative estimate of drug-likeness (QED) is 0.551. The maximum absolute atomic E-state index is 12.6. The van der Waals surface area contributed by atoms with Gasteiger partial charge in [0.05, 0.1) is 10.6 Å². The molecule has 0 radical (unpaired) electrons. The Morgan fingerprint density at radius 2 is 2.25 bits per heavy atom. The summed E-state index contributed by atoms with van der Waals surface area (Å²) in [7, 11) is 1.78. The van der Waals surface area contributed by atoms with E-state index in [1.54, 1.807) is 23.1 Å². The summed E-state index contributed by atoms with van der Waals surface area (Å²) in [6, 6.07) is 3.99. The number of hydrogen-bond donors (Lipinski definition) is 1. The topological polar surface area (TPSA) is 89.3 Å². The number of thiophene rings is 2. The van der Waals surface area contributed by atoms with Crippen LogP contribution in [0, 0.1) is 0 Å². The molecule has 0 saturated heterocycles.